The molecule has 0 aliphatic heterocycles. The van der Waals surface area contributed by atoms with E-state index in [0.717, 1.165) is 12.8 Å². The third-order valence-corrected chi connectivity index (χ3v) is 2.79. The molecule has 1 saturated carbocycles. The lowest BCUT2D eigenvalue weighted by molar-refractivity contribution is -0.140. The second kappa shape index (κ2) is 3.80. The molecule has 1 fully saturated rings. The van der Waals surface area contributed by atoms with Gasteiger partial charge in [-0.3, -0.25) is 0 Å². The normalized spacial score (nSPS) is 16.5. The molecule has 0 radical (unpaired) electrons. The zero-order valence-electron chi connectivity index (χ0n) is 7.51. The van der Waals surface area contributed by atoms with Crippen molar-refractivity contribution in [2.24, 2.45) is 0 Å². The predicted octanol–water partition coefficient (Wildman–Crippen LogP) is 3.25. The Hall–Kier alpha value is -0.530. The number of nitrogens with zero attached hydrogens (tertiary/aromatic N) is 1. The first-order valence-corrected chi connectivity index (χ1v) is 5.44. The van der Waals surface area contributed by atoms with Crippen molar-refractivity contribution >= 4 is 22.6 Å². The zero-order chi connectivity index (χ0) is 11.1. The van der Waals surface area contributed by atoms with Crippen LogP contribution < -0.4 is 4.74 Å². The third-order valence-electron chi connectivity index (χ3n) is 1.97. The summed E-state index contributed by atoms with van der Waals surface area (Å²) < 4.78 is 43.1. The molecule has 0 bridgehead atoms. The van der Waals surface area contributed by atoms with Crippen LogP contribution in [0.5, 0.6) is 5.75 Å². The minimum atomic E-state index is -4.41. The molecule has 1 aromatic rings. The Kier molecular flexibility index (Phi) is 2.78. The van der Waals surface area contributed by atoms with Gasteiger partial charge >= 0.3 is 6.18 Å². The van der Waals surface area contributed by atoms with Gasteiger partial charge in [0.05, 0.1) is 6.10 Å². The summed E-state index contributed by atoms with van der Waals surface area (Å²) in [7, 11) is 0. The van der Waals surface area contributed by atoms with Gasteiger partial charge in [0.15, 0.2) is 0 Å². The van der Waals surface area contributed by atoms with Crippen LogP contribution in [0.1, 0.15) is 18.4 Å². The van der Waals surface area contributed by atoms with E-state index in [1.54, 1.807) is 22.6 Å². The number of ether oxygens (including phenoxy) is 1. The van der Waals surface area contributed by atoms with Crippen LogP contribution >= 0.6 is 22.6 Å². The fraction of sp³-hybridized carbons (Fsp3) is 0.444. The second-order valence-corrected chi connectivity index (χ2v) is 4.31. The molecule has 15 heavy (non-hydrogen) atoms. The van der Waals surface area contributed by atoms with Crippen molar-refractivity contribution in [1.82, 2.24) is 4.98 Å². The van der Waals surface area contributed by atoms with Gasteiger partial charge in [-0.05, 0) is 41.5 Å². The number of hydrogen-bond acceptors (Lipinski definition) is 2. The van der Waals surface area contributed by atoms with E-state index in [1.807, 2.05) is 0 Å². The van der Waals surface area contributed by atoms with Crippen molar-refractivity contribution < 1.29 is 17.9 Å². The average molecular weight is 329 g/mol. The maximum absolute atomic E-state index is 12.7. The molecule has 0 saturated heterocycles. The fourth-order valence-electron chi connectivity index (χ4n) is 1.14. The van der Waals surface area contributed by atoms with Crippen molar-refractivity contribution in [3.63, 3.8) is 0 Å². The van der Waals surface area contributed by atoms with Crippen LogP contribution in [0, 0.1) is 3.70 Å². The van der Waals surface area contributed by atoms with Gasteiger partial charge in [0, 0.05) is 6.20 Å². The largest absolute Gasteiger partial charge is 0.490 e. The number of halogens is 4. The summed E-state index contributed by atoms with van der Waals surface area (Å²) in [4.78, 5) is 3.62. The Morgan fingerprint density at radius 3 is 2.60 bits per heavy atom. The van der Waals surface area contributed by atoms with Gasteiger partial charge in [-0.1, -0.05) is 0 Å². The van der Waals surface area contributed by atoms with Gasteiger partial charge in [-0.2, -0.15) is 13.2 Å². The van der Waals surface area contributed by atoms with E-state index in [1.165, 1.54) is 12.3 Å². The number of aromatic nitrogens is 1. The first-order chi connectivity index (χ1) is 6.98. The highest BCUT2D eigenvalue weighted by atomic mass is 127. The zero-order valence-corrected chi connectivity index (χ0v) is 9.67. The Balaban J connectivity index is 2.38. The highest BCUT2D eigenvalue weighted by Crippen LogP contribution is 2.40. The molecule has 2 rings (SSSR count). The molecule has 0 aromatic carbocycles. The minimum Gasteiger partial charge on any atom is -0.490 e. The Labute approximate surface area is 98.0 Å². The van der Waals surface area contributed by atoms with Crippen molar-refractivity contribution in [1.29, 1.82) is 0 Å². The maximum atomic E-state index is 12.7. The molecule has 0 atom stereocenters. The molecule has 82 valence electrons. The lowest BCUT2D eigenvalue weighted by Crippen LogP contribution is -2.12. The van der Waals surface area contributed by atoms with E-state index in [4.69, 9.17) is 4.74 Å². The topological polar surface area (TPSA) is 22.1 Å². The highest BCUT2D eigenvalue weighted by Gasteiger charge is 2.39. The maximum Gasteiger partial charge on any atom is 0.422 e. The van der Waals surface area contributed by atoms with E-state index in [0.29, 0.717) is 0 Å². The molecule has 1 aromatic heterocycles. The molecule has 1 aliphatic rings. The predicted molar refractivity (Wildman–Crippen MR) is 55.6 cm³/mol. The van der Waals surface area contributed by atoms with Gasteiger partial charge in [-0.15, -0.1) is 0 Å². The van der Waals surface area contributed by atoms with Crippen LogP contribution in [-0.4, -0.2) is 11.1 Å². The summed E-state index contributed by atoms with van der Waals surface area (Å²) in [5, 5.41) is 0. The molecular formula is C9H7F3INO. The van der Waals surface area contributed by atoms with Gasteiger partial charge < -0.3 is 4.74 Å². The van der Waals surface area contributed by atoms with Crippen LogP contribution in [0.2, 0.25) is 0 Å². The lowest BCUT2D eigenvalue weighted by atomic mass is 10.2. The first kappa shape index (κ1) is 11.0. The number of hydrogen-bond donors (Lipinski definition) is 0. The van der Waals surface area contributed by atoms with E-state index < -0.39 is 11.7 Å². The number of pyridine rings is 1. The van der Waals surface area contributed by atoms with E-state index in [-0.39, 0.29) is 15.6 Å². The smallest absolute Gasteiger partial charge is 0.422 e. The van der Waals surface area contributed by atoms with Crippen LogP contribution in [0.3, 0.4) is 0 Å². The second-order valence-electron chi connectivity index (χ2n) is 3.29. The minimum absolute atomic E-state index is 0.0516. The van der Waals surface area contributed by atoms with E-state index >= 15 is 0 Å². The summed E-state index contributed by atoms with van der Waals surface area (Å²) in [5.41, 5.74) is -0.766. The SMILES string of the molecule is FC(F)(F)c1c(OC2CC2)ccnc1I. The Bertz CT molecular complexity index is 376. The number of rotatable bonds is 2. The van der Waals surface area contributed by atoms with E-state index in [9.17, 15) is 13.2 Å². The molecule has 0 unspecified atom stereocenters. The molecule has 1 heterocycles. The van der Waals surface area contributed by atoms with Gasteiger partial charge in [-0.25, -0.2) is 4.98 Å². The van der Waals surface area contributed by atoms with Crippen molar-refractivity contribution in [2.45, 2.75) is 25.1 Å². The molecule has 1 aliphatic carbocycles. The summed E-state index contributed by atoms with van der Waals surface area (Å²) >= 11 is 1.57. The number of alkyl halides is 3. The van der Waals surface area contributed by atoms with Crippen molar-refractivity contribution in [2.75, 3.05) is 0 Å². The van der Waals surface area contributed by atoms with Crippen LogP contribution in [0.4, 0.5) is 13.2 Å². The summed E-state index contributed by atoms with van der Waals surface area (Å²) in [6.45, 7) is 0. The molecule has 0 N–H and O–H groups in total. The highest BCUT2D eigenvalue weighted by molar-refractivity contribution is 14.1. The standard InChI is InChI=1S/C9H7F3INO/c10-9(11,12)7-6(15-5-1-2-5)3-4-14-8(7)13/h3-5H,1-2H2. The third kappa shape index (κ3) is 2.53. The van der Waals surface area contributed by atoms with Gasteiger partial charge in [0.1, 0.15) is 15.0 Å². The molecule has 2 nitrogen and oxygen atoms in total. The summed E-state index contributed by atoms with van der Waals surface area (Å²) in [5.74, 6) is -0.107. The fourth-order valence-corrected chi connectivity index (χ4v) is 1.87. The first-order valence-electron chi connectivity index (χ1n) is 4.37. The average Bonchev–Trinajstić information content (AvgIpc) is 2.85. The summed E-state index contributed by atoms with van der Waals surface area (Å²) in [6.07, 6.45) is -1.47. The van der Waals surface area contributed by atoms with Gasteiger partial charge in [0.2, 0.25) is 0 Å². The molecule has 6 heteroatoms. The quantitative estimate of drug-likeness (QED) is 0.614. The van der Waals surface area contributed by atoms with Crippen molar-refractivity contribution in [3.05, 3.63) is 21.5 Å². The van der Waals surface area contributed by atoms with Crippen molar-refractivity contribution in [3.8, 4) is 5.75 Å². The van der Waals surface area contributed by atoms with Crippen LogP contribution in [0.15, 0.2) is 12.3 Å². The van der Waals surface area contributed by atoms with Gasteiger partial charge in [0.25, 0.3) is 0 Å². The summed E-state index contributed by atoms with van der Waals surface area (Å²) in [6, 6.07) is 1.27. The van der Waals surface area contributed by atoms with Crippen LogP contribution in [0.25, 0.3) is 0 Å². The molecule has 0 amide bonds. The lowest BCUT2D eigenvalue weighted by Gasteiger charge is -2.14. The molecular weight excluding hydrogens is 322 g/mol. The van der Waals surface area contributed by atoms with Crippen LogP contribution in [-0.2, 0) is 6.18 Å². The molecule has 0 spiro atoms. The Morgan fingerprint density at radius 2 is 2.07 bits per heavy atom. The Morgan fingerprint density at radius 1 is 1.40 bits per heavy atom. The van der Waals surface area contributed by atoms with E-state index in [2.05, 4.69) is 4.98 Å². The monoisotopic (exact) mass is 329 g/mol.